The number of benzene rings is 3. The van der Waals surface area contributed by atoms with Gasteiger partial charge in [0.15, 0.2) is 5.16 Å². The maximum Gasteiger partial charge on any atom is 0.262 e. The Hall–Kier alpha value is -3.09. The van der Waals surface area contributed by atoms with E-state index in [0.29, 0.717) is 27.6 Å². The highest BCUT2D eigenvalue weighted by Crippen LogP contribution is 2.20. The third-order valence-electron chi connectivity index (χ3n) is 5.50. The molecule has 4 aromatic rings. The number of hydrogen-bond acceptors (Lipinski definition) is 4. The Morgan fingerprint density at radius 3 is 2.56 bits per heavy atom. The van der Waals surface area contributed by atoms with Gasteiger partial charge in [0.1, 0.15) is 0 Å². The van der Waals surface area contributed by atoms with Gasteiger partial charge in [0.25, 0.3) is 5.56 Å². The quantitative estimate of drug-likeness (QED) is 0.254. The molecule has 34 heavy (non-hydrogen) atoms. The van der Waals surface area contributed by atoms with Gasteiger partial charge in [-0.15, -0.1) is 0 Å². The summed E-state index contributed by atoms with van der Waals surface area (Å²) >= 11 is 7.41. The topological polar surface area (TPSA) is 64.0 Å². The molecule has 4 rings (SSSR count). The number of para-hydroxylation sites is 1. The van der Waals surface area contributed by atoms with E-state index in [0.717, 1.165) is 18.4 Å². The van der Waals surface area contributed by atoms with Crippen LogP contribution in [-0.2, 0) is 17.8 Å². The van der Waals surface area contributed by atoms with Crippen LogP contribution >= 0.6 is 23.4 Å². The minimum atomic E-state index is -0.135. The summed E-state index contributed by atoms with van der Waals surface area (Å²) in [5.74, 6) is 0.0954. The van der Waals surface area contributed by atoms with Gasteiger partial charge in [-0.25, -0.2) is 4.98 Å². The number of rotatable bonds is 9. The summed E-state index contributed by atoms with van der Waals surface area (Å²) < 4.78 is 1.62. The lowest BCUT2D eigenvalue weighted by Crippen LogP contribution is -2.34. The average molecular weight is 492 g/mol. The first kappa shape index (κ1) is 24.0. The second-order valence-corrected chi connectivity index (χ2v) is 9.59. The van der Waals surface area contributed by atoms with Crippen LogP contribution in [0.1, 0.15) is 24.5 Å². The minimum Gasteiger partial charge on any atom is -0.353 e. The van der Waals surface area contributed by atoms with Gasteiger partial charge in [-0.05, 0) is 55.2 Å². The van der Waals surface area contributed by atoms with Gasteiger partial charge >= 0.3 is 0 Å². The highest BCUT2D eigenvalue weighted by molar-refractivity contribution is 7.99. The number of fused-ring (bicyclic) bond motifs is 1. The molecule has 1 N–H and O–H groups in total. The maximum atomic E-state index is 13.3. The van der Waals surface area contributed by atoms with Crippen LogP contribution in [0.5, 0.6) is 0 Å². The van der Waals surface area contributed by atoms with E-state index in [9.17, 15) is 9.59 Å². The molecule has 0 aliphatic rings. The zero-order chi connectivity index (χ0) is 23.9. The highest BCUT2D eigenvalue weighted by Gasteiger charge is 2.15. The summed E-state index contributed by atoms with van der Waals surface area (Å²) in [6.45, 7) is 2.34. The fourth-order valence-electron chi connectivity index (χ4n) is 3.76. The van der Waals surface area contributed by atoms with Crippen LogP contribution in [0.15, 0.2) is 88.8 Å². The van der Waals surface area contributed by atoms with E-state index >= 15 is 0 Å². The molecule has 0 radical (unpaired) electrons. The molecule has 0 fully saturated rings. The lowest BCUT2D eigenvalue weighted by atomic mass is 10.1. The predicted octanol–water partition coefficient (Wildman–Crippen LogP) is 5.33. The van der Waals surface area contributed by atoms with E-state index in [1.54, 1.807) is 16.7 Å². The highest BCUT2D eigenvalue weighted by atomic mass is 35.5. The monoisotopic (exact) mass is 491 g/mol. The second kappa shape index (κ2) is 11.4. The van der Waals surface area contributed by atoms with Crippen molar-refractivity contribution in [1.82, 2.24) is 14.9 Å². The minimum absolute atomic E-state index is 0.0477. The molecular formula is C27H26ClN3O2S. The molecule has 3 aromatic carbocycles. The van der Waals surface area contributed by atoms with Crippen molar-refractivity contribution in [2.24, 2.45) is 0 Å². The number of amides is 1. The lowest BCUT2D eigenvalue weighted by molar-refractivity contribution is -0.119. The second-order valence-electron chi connectivity index (χ2n) is 8.21. The van der Waals surface area contributed by atoms with Gasteiger partial charge < -0.3 is 5.32 Å². The zero-order valence-corrected chi connectivity index (χ0v) is 20.5. The summed E-state index contributed by atoms with van der Waals surface area (Å²) in [5, 5.41) is 4.72. The van der Waals surface area contributed by atoms with Crippen LogP contribution in [0.25, 0.3) is 10.9 Å². The number of halogens is 1. The molecule has 174 valence electrons. The van der Waals surface area contributed by atoms with Crippen LogP contribution in [0.4, 0.5) is 0 Å². The smallest absolute Gasteiger partial charge is 0.262 e. The summed E-state index contributed by atoms with van der Waals surface area (Å²) in [6, 6.07) is 24.9. The molecule has 0 saturated carbocycles. The molecule has 1 aromatic heterocycles. The van der Waals surface area contributed by atoms with Crippen molar-refractivity contribution in [3.8, 4) is 0 Å². The summed E-state index contributed by atoms with van der Waals surface area (Å²) in [5.41, 5.74) is 2.63. The first-order valence-electron chi connectivity index (χ1n) is 11.2. The van der Waals surface area contributed by atoms with Crippen molar-refractivity contribution in [2.75, 3.05) is 5.75 Å². The third-order valence-corrected chi connectivity index (χ3v) is 6.72. The van der Waals surface area contributed by atoms with Crippen molar-refractivity contribution in [3.63, 3.8) is 0 Å². The van der Waals surface area contributed by atoms with Crippen LogP contribution in [0, 0.1) is 0 Å². The Bertz CT molecular complexity index is 1340. The number of hydrogen-bond donors (Lipinski definition) is 1. The number of nitrogens with zero attached hydrogens (tertiary/aromatic N) is 2. The molecule has 0 spiro atoms. The van der Waals surface area contributed by atoms with E-state index in [1.165, 1.54) is 17.3 Å². The van der Waals surface area contributed by atoms with Crippen molar-refractivity contribution in [2.45, 2.75) is 37.5 Å². The van der Waals surface area contributed by atoms with Gasteiger partial charge in [0, 0.05) is 11.1 Å². The number of aryl methyl sites for hydroxylation is 1. The standard InChI is InChI=1S/C27H26ClN3O2S/c1-19(14-15-20-8-3-2-4-9-20)29-25(32)18-34-27-30-24-13-6-5-12-23(24)26(33)31(27)17-21-10-7-11-22(28)16-21/h2-13,16,19H,14-15,17-18H2,1H3,(H,29,32)/t19-/m1/s1. The first-order chi connectivity index (χ1) is 16.5. The zero-order valence-electron chi connectivity index (χ0n) is 18.9. The van der Waals surface area contributed by atoms with Gasteiger partial charge in [-0.3, -0.25) is 14.2 Å². The Kier molecular flexibility index (Phi) is 8.03. The molecule has 1 amide bonds. The fraction of sp³-hybridized carbons (Fsp3) is 0.222. The Labute approximate surface area is 208 Å². The van der Waals surface area contributed by atoms with Crippen LogP contribution in [0.3, 0.4) is 0 Å². The van der Waals surface area contributed by atoms with Crippen molar-refractivity contribution >= 4 is 40.2 Å². The molecule has 5 nitrogen and oxygen atoms in total. The molecular weight excluding hydrogens is 466 g/mol. The summed E-state index contributed by atoms with van der Waals surface area (Å²) in [6.07, 6.45) is 1.76. The fourth-order valence-corrected chi connectivity index (χ4v) is 4.78. The Morgan fingerprint density at radius 1 is 1.03 bits per heavy atom. The first-order valence-corrected chi connectivity index (χ1v) is 12.6. The van der Waals surface area contributed by atoms with E-state index in [4.69, 9.17) is 16.6 Å². The Morgan fingerprint density at radius 2 is 1.76 bits per heavy atom. The van der Waals surface area contributed by atoms with Gasteiger partial charge in [0.05, 0.1) is 23.2 Å². The van der Waals surface area contributed by atoms with Crippen LogP contribution in [-0.4, -0.2) is 27.3 Å². The molecule has 0 aliphatic heterocycles. The lowest BCUT2D eigenvalue weighted by Gasteiger charge is -2.15. The van der Waals surface area contributed by atoms with E-state index < -0.39 is 0 Å². The normalized spacial score (nSPS) is 11.9. The van der Waals surface area contributed by atoms with Gasteiger partial charge in [-0.2, -0.15) is 0 Å². The van der Waals surface area contributed by atoms with Crippen molar-refractivity contribution < 1.29 is 4.79 Å². The van der Waals surface area contributed by atoms with Crippen LogP contribution < -0.4 is 10.9 Å². The number of thioether (sulfide) groups is 1. The third kappa shape index (κ3) is 6.27. The number of nitrogens with one attached hydrogen (secondary N) is 1. The Balaban J connectivity index is 1.47. The van der Waals surface area contributed by atoms with Gasteiger partial charge in [-0.1, -0.05) is 78.0 Å². The SMILES string of the molecule is C[C@H](CCc1ccccc1)NC(=O)CSc1nc2ccccc2c(=O)n1Cc1cccc(Cl)c1. The molecule has 0 aliphatic carbocycles. The molecule has 0 saturated heterocycles. The average Bonchev–Trinajstić information content (AvgIpc) is 2.84. The van der Waals surface area contributed by atoms with E-state index in [2.05, 4.69) is 17.4 Å². The van der Waals surface area contributed by atoms with Crippen molar-refractivity contribution in [3.05, 3.63) is 105 Å². The molecule has 1 atom stereocenters. The molecule has 1 heterocycles. The maximum absolute atomic E-state index is 13.3. The predicted molar refractivity (Wildman–Crippen MR) is 140 cm³/mol. The molecule has 7 heteroatoms. The van der Waals surface area contributed by atoms with Gasteiger partial charge in [0.2, 0.25) is 5.91 Å². The summed E-state index contributed by atoms with van der Waals surface area (Å²) in [7, 11) is 0. The number of carbonyl (C=O) groups excluding carboxylic acids is 1. The largest absolute Gasteiger partial charge is 0.353 e. The number of carbonyl (C=O) groups is 1. The number of aromatic nitrogens is 2. The molecule has 0 bridgehead atoms. The van der Waals surface area contributed by atoms with Crippen molar-refractivity contribution in [1.29, 1.82) is 0 Å². The van der Waals surface area contributed by atoms with E-state index in [-0.39, 0.29) is 23.3 Å². The molecule has 0 unspecified atom stereocenters. The summed E-state index contributed by atoms with van der Waals surface area (Å²) in [4.78, 5) is 30.6. The van der Waals surface area contributed by atoms with E-state index in [1.807, 2.05) is 61.5 Å². The van der Waals surface area contributed by atoms with Crippen LogP contribution in [0.2, 0.25) is 5.02 Å².